The second kappa shape index (κ2) is 10.2. The topological polar surface area (TPSA) is 75.1 Å². The average molecular weight is 544 g/mol. The lowest BCUT2D eigenvalue weighted by atomic mass is 9.95. The number of aryl methyl sites for hydroxylation is 3. The standard InChI is InChI=1S/C25H28BrClN6O/c1-16-12-28-15-33(16)9-7-30-25(34)22-14-32(8-6-29-22)24-21-5-4-20(27)11-17(21)2-3-18-10-19(26)13-31-23(18)24/h4-5,10-13,15,22,24,29H,2-3,6-9,14H2,1H3,(H,30,34)/t22-,24?/m1/s1. The summed E-state index contributed by atoms with van der Waals surface area (Å²) in [5.74, 6) is 0.0245. The van der Waals surface area contributed by atoms with Crippen LogP contribution in [0, 0.1) is 6.92 Å². The summed E-state index contributed by atoms with van der Waals surface area (Å²) in [7, 11) is 0. The van der Waals surface area contributed by atoms with Crippen LogP contribution in [0.3, 0.4) is 0 Å². The van der Waals surface area contributed by atoms with E-state index in [1.165, 1.54) is 16.7 Å². The molecule has 7 nitrogen and oxygen atoms in total. The number of rotatable bonds is 5. The van der Waals surface area contributed by atoms with Gasteiger partial charge in [-0.15, -0.1) is 0 Å². The van der Waals surface area contributed by atoms with Crippen molar-refractivity contribution in [2.45, 2.75) is 38.4 Å². The third kappa shape index (κ3) is 4.91. The predicted octanol–water partition coefficient (Wildman–Crippen LogP) is 3.28. The van der Waals surface area contributed by atoms with Crippen molar-refractivity contribution in [3.8, 4) is 0 Å². The second-order valence-electron chi connectivity index (χ2n) is 8.96. The minimum absolute atomic E-state index is 0.0103. The molecule has 3 aromatic rings. The molecule has 5 rings (SSSR count). The van der Waals surface area contributed by atoms with Gasteiger partial charge in [-0.25, -0.2) is 4.98 Å². The Hall–Kier alpha value is -2.26. The summed E-state index contributed by atoms with van der Waals surface area (Å²) in [6, 6.07) is 8.05. The van der Waals surface area contributed by atoms with Gasteiger partial charge in [-0.05, 0) is 70.6 Å². The summed E-state index contributed by atoms with van der Waals surface area (Å²) < 4.78 is 3.02. The summed E-state index contributed by atoms with van der Waals surface area (Å²) in [5, 5.41) is 7.25. The molecule has 1 aromatic carbocycles. The van der Waals surface area contributed by atoms with Gasteiger partial charge < -0.3 is 15.2 Å². The summed E-state index contributed by atoms with van der Waals surface area (Å²) in [4.78, 5) is 24.4. The van der Waals surface area contributed by atoms with Gasteiger partial charge in [0, 0.05) is 60.3 Å². The summed E-state index contributed by atoms with van der Waals surface area (Å²) in [6.07, 6.45) is 7.32. The molecule has 1 unspecified atom stereocenters. The monoisotopic (exact) mass is 542 g/mol. The molecule has 1 saturated heterocycles. The smallest absolute Gasteiger partial charge is 0.238 e. The van der Waals surface area contributed by atoms with Crippen molar-refractivity contribution < 1.29 is 4.79 Å². The maximum Gasteiger partial charge on any atom is 0.238 e. The van der Waals surface area contributed by atoms with Crippen molar-refractivity contribution in [1.29, 1.82) is 0 Å². The molecule has 0 bridgehead atoms. The van der Waals surface area contributed by atoms with Crippen LogP contribution in [0.2, 0.25) is 5.02 Å². The highest BCUT2D eigenvalue weighted by atomic mass is 79.9. The fraction of sp³-hybridized carbons (Fsp3) is 0.400. The maximum absolute atomic E-state index is 13.0. The number of amides is 1. The fourth-order valence-corrected chi connectivity index (χ4v) is 5.58. The van der Waals surface area contributed by atoms with Gasteiger partial charge in [0.25, 0.3) is 0 Å². The number of pyridine rings is 1. The number of carbonyl (C=O) groups excluding carboxylic acids is 1. The number of nitrogens with one attached hydrogen (secondary N) is 2. The number of carbonyl (C=O) groups is 1. The zero-order valence-electron chi connectivity index (χ0n) is 19.1. The van der Waals surface area contributed by atoms with E-state index in [1.807, 2.05) is 30.0 Å². The van der Waals surface area contributed by atoms with Crippen molar-refractivity contribution in [1.82, 2.24) is 30.1 Å². The molecule has 1 aliphatic heterocycles. The Bertz CT molecular complexity index is 1140. The Balaban J connectivity index is 1.36. The van der Waals surface area contributed by atoms with E-state index in [4.69, 9.17) is 16.6 Å². The highest BCUT2D eigenvalue weighted by Gasteiger charge is 2.35. The number of halogens is 2. The Kier molecular flexibility index (Phi) is 7.01. The molecule has 1 aliphatic carbocycles. The third-order valence-corrected chi connectivity index (χ3v) is 7.42. The number of benzene rings is 1. The van der Waals surface area contributed by atoms with Gasteiger partial charge >= 0.3 is 0 Å². The number of hydrogen-bond acceptors (Lipinski definition) is 5. The first-order valence-electron chi connectivity index (χ1n) is 11.6. The molecular weight excluding hydrogens is 516 g/mol. The quantitative estimate of drug-likeness (QED) is 0.517. The summed E-state index contributed by atoms with van der Waals surface area (Å²) in [6.45, 7) is 5.47. The Labute approximate surface area is 213 Å². The van der Waals surface area contributed by atoms with E-state index in [2.05, 4.69) is 54.6 Å². The molecule has 178 valence electrons. The van der Waals surface area contributed by atoms with E-state index in [9.17, 15) is 4.79 Å². The SMILES string of the molecule is Cc1cncn1CCNC(=O)[C@H]1CN(C2c3ccc(Cl)cc3CCc3cc(Br)cnc32)CCN1. The lowest BCUT2D eigenvalue weighted by molar-refractivity contribution is -0.124. The first-order chi connectivity index (χ1) is 16.5. The van der Waals surface area contributed by atoms with Gasteiger partial charge in [0.2, 0.25) is 5.91 Å². The van der Waals surface area contributed by atoms with Crippen LogP contribution in [-0.4, -0.2) is 57.6 Å². The van der Waals surface area contributed by atoms with Gasteiger partial charge in [-0.1, -0.05) is 17.7 Å². The van der Waals surface area contributed by atoms with Crippen LogP contribution >= 0.6 is 27.5 Å². The molecule has 9 heteroatoms. The van der Waals surface area contributed by atoms with E-state index in [0.29, 0.717) is 19.6 Å². The van der Waals surface area contributed by atoms with Crippen LogP contribution in [0.25, 0.3) is 0 Å². The molecule has 0 saturated carbocycles. The van der Waals surface area contributed by atoms with Crippen molar-refractivity contribution in [2.75, 3.05) is 26.2 Å². The molecule has 34 heavy (non-hydrogen) atoms. The number of nitrogens with zero attached hydrogens (tertiary/aromatic N) is 4. The van der Waals surface area contributed by atoms with Crippen LogP contribution in [0.1, 0.15) is 34.1 Å². The number of hydrogen-bond donors (Lipinski definition) is 2. The first-order valence-corrected chi connectivity index (χ1v) is 12.8. The molecule has 2 atom stereocenters. The zero-order chi connectivity index (χ0) is 23.7. The Morgan fingerprint density at radius 1 is 1.26 bits per heavy atom. The van der Waals surface area contributed by atoms with E-state index in [1.54, 1.807) is 6.33 Å². The van der Waals surface area contributed by atoms with Crippen molar-refractivity contribution in [3.63, 3.8) is 0 Å². The molecule has 1 amide bonds. The molecule has 2 N–H and O–H groups in total. The Morgan fingerprint density at radius 2 is 2.12 bits per heavy atom. The van der Waals surface area contributed by atoms with Gasteiger partial charge in [0.1, 0.15) is 0 Å². The van der Waals surface area contributed by atoms with Crippen LogP contribution in [0.5, 0.6) is 0 Å². The summed E-state index contributed by atoms with van der Waals surface area (Å²) >= 11 is 9.94. The van der Waals surface area contributed by atoms with E-state index in [-0.39, 0.29) is 18.0 Å². The van der Waals surface area contributed by atoms with Gasteiger partial charge in [-0.3, -0.25) is 14.7 Å². The molecule has 0 spiro atoms. The van der Waals surface area contributed by atoms with Crippen LogP contribution in [0.15, 0.2) is 47.5 Å². The molecule has 0 radical (unpaired) electrons. The first kappa shape index (κ1) is 23.5. The fourth-order valence-electron chi connectivity index (χ4n) is 5.01. The van der Waals surface area contributed by atoms with E-state index >= 15 is 0 Å². The minimum Gasteiger partial charge on any atom is -0.353 e. The molecule has 3 heterocycles. The van der Waals surface area contributed by atoms with Crippen molar-refractivity contribution in [2.24, 2.45) is 0 Å². The highest BCUT2D eigenvalue weighted by Crippen LogP contribution is 2.37. The molecule has 1 fully saturated rings. The number of imidazole rings is 1. The van der Waals surface area contributed by atoms with E-state index in [0.717, 1.165) is 46.8 Å². The third-order valence-electron chi connectivity index (χ3n) is 6.75. The lowest BCUT2D eigenvalue weighted by Crippen LogP contribution is -2.58. The predicted molar refractivity (Wildman–Crippen MR) is 136 cm³/mol. The van der Waals surface area contributed by atoms with Gasteiger partial charge in [0.05, 0.1) is 24.1 Å². The van der Waals surface area contributed by atoms with Crippen molar-refractivity contribution in [3.05, 3.63) is 80.6 Å². The normalized spacial score (nSPS) is 20.3. The van der Waals surface area contributed by atoms with E-state index < -0.39 is 0 Å². The highest BCUT2D eigenvalue weighted by molar-refractivity contribution is 9.10. The minimum atomic E-state index is -0.282. The summed E-state index contributed by atoms with van der Waals surface area (Å²) in [5.41, 5.74) is 5.88. The van der Waals surface area contributed by atoms with Crippen LogP contribution < -0.4 is 10.6 Å². The maximum atomic E-state index is 13.0. The molecule has 2 aliphatic rings. The second-order valence-corrected chi connectivity index (χ2v) is 10.3. The van der Waals surface area contributed by atoms with Gasteiger partial charge in [0.15, 0.2) is 0 Å². The van der Waals surface area contributed by atoms with Gasteiger partial charge in [-0.2, -0.15) is 0 Å². The zero-order valence-corrected chi connectivity index (χ0v) is 21.4. The molecular formula is C25H28BrClN6O. The number of aromatic nitrogens is 3. The number of fused-ring (bicyclic) bond motifs is 2. The number of piperazine rings is 1. The molecule has 2 aromatic heterocycles. The Morgan fingerprint density at radius 3 is 2.94 bits per heavy atom. The average Bonchev–Trinajstić information content (AvgIpc) is 3.17. The lowest BCUT2D eigenvalue weighted by Gasteiger charge is -2.39. The van der Waals surface area contributed by atoms with Crippen LogP contribution in [0.4, 0.5) is 0 Å². The van der Waals surface area contributed by atoms with Crippen molar-refractivity contribution >= 4 is 33.4 Å². The largest absolute Gasteiger partial charge is 0.353 e. The van der Waals surface area contributed by atoms with Crippen LogP contribution in [-0.2, 0) is 24.2 Å².